The summed E-state index contributed by atoms with van der Waals surface area (Å²) in [6, 6.07) is 9.50. The molecule has 1 aliphatic carbocycles. The van der Waals surface area contributed by atoms with E-state index in [0.717, 1.165) is 50.7 Å². The van der Waals surface area contributed by atoms with Crippen LogP contribution in [0.2, 0.25) is 0 Å². The fraction of sp³-hybridized carbons (Fsp3) is 0.625. The fourth-order valence-electron chi connectivity index (χ4n) is 2.82. The Kier molecular flexibility index (Phi) is 5.84. The van der Waals surface area contributed by atoms with E-state index in [-0.39, 0.29) is 17.1 Å². The second-order valence-corrected chi connectivity index (χ2v) is 5.56. The first-order chi connectivity index (χ1) is 9.75. The molecule has 2 atom stereocenters. The van der Waals surface area contributed by atoms with Crippen LogP contribution in [0.25, 0.3) is 0 Å². The molecule has 0 bridgehead atoms. The van der Waals surface area contributed by atoms with Gasteiger partial charge in [-0.3, -0.25) is 10.1 Å². The zero-order chi connectivity index (χ0) is 14.2. The molecule has 1 saturated carbocycles. The molecule has 1 fully saturated rings. The number of nitro groups is 1. The highest BCUT2D eigenvalue weighted by atomic mass is 16.6. The summed E-state index contributed by atoms with van der Waals surface area (Å²) in [5.74, 6) is 0.903. The molecule has 0 spiro atoms. The van der Waals surface area contributed by atoms with Crippen molar-refractivity contribution < 1.29 is 9.66 Å². The molecule has 0 N–H and O–H groups in total. The molecule has 0 aliphatic heterocycles. The van der Waals surface area contributed by atoms with Crippen LogP contribution in [0, 0.1) is 10.1 Å². The van der Waals surface area contributed by atoms with Gasteiger partial charge < -0.3 is 4.74 Å². The Balaban J connectivity index is 1.88. The molecule has 0 heterocycles. The van der Waals surface area contributed by atoms with Crippen molar-refractivity contribution in [3.8, 4) is 5.75 Å². The van der Waals surface area contributed by atoms with Crippen molar-refractivity contribution >= 4 is 0 Å². The monoisotopic (exact) mass is 277 g/mol. The van der Waals surface area contributed by atoms with Crippen molar-refractivity contribution in [1.82, 2.24) is 0 Å². The lowest BCUT2D eigenvalue weighted by atomic mass is 9.96. The molecular formula is C16H23NO3. The molecule has 1 aliphatic rings. The Hall–Kier alpha value is -1.58. The highest BCUT2D eigenvalue weighted by molar-refractivity contribution is 5.21. The Morgan fingerprint density at radius 3 is 2.35 bits per heavy atom. The second kappa shape index (κ2) is 7.88. The maximum absolute atomic E-state index is 11.0. The number of benzene rings is 1. The summed E-state index contributed by atoms with van der Waals surface area (Å²) in [5, 5.41) is 11.0. The number of nitrogens with zero attached hydrogens (tertiary/aromatic N) is 1. The predicted octanol–water partition coefficient (Wildman–Crippen LogP) is 4.21. The molecule has 110 valence electrons. The zero-order valence-electron chi connectivity index (χ0n) is 11.9. The Morgan fingerprint density at radius 2 is 1.60 bits per heavy atom. The van der Waals surface area contributed by atoms with Gasteiger partial charge in [0.05, 0.1) is 6.10 Å². The molecule has 1 aromatic rings. The Labute approximate surface area is 120 Å². The quantitative estimate of drug-likeness (QED) is 0.614. The number of rotatable bonds is 3. The maximum atomic E-state index is 11.0. The minimum atomic E-state index is -0.356. The summed E-state index contributed by atoms with van der Waals surface area (Å²) in [4.78, 5) is 10.9. The van der Waals surface area contributed by atoms with Crippen molar-refractivity contribution in [2.45, 2.75) is 63.5 Å². The number of hydrogen-bond acceptors (Lipinski definition) is 3. The van der Waals surface area contributed by atoms with E-state index < -0.39 is 0 Å². The van der Waals surface area contributed by atoms with Gasteiger partial charge in [-0.15, -0.1) is 0 Å². The zero-order valence-corrected chi connectivity index (χ0v) is 11.9. The molecule has 4 nitrogen and oxygen atoms in total. The molecule has 0 amide bonds. The van der Waals surface area contributed by atoms with Gasteiger partial charge in [0, 0.05) is 17.8 Å². The average molecular weight is 277 g/mol. The third-order valence-corrected chi connectivity index (χ3v) is 3.97. The molecule has 20 heavy (non-hydrogen) atoms. The van der Waals surface area contributed by atoms with Crippen LogP contribution in [-0.2, 0) is 0 Å². The molecule has 0 radical (unpaired) electrons. The summed E-state index contributed by atoms with van der Waals surface area (Å²) in [7, 11) is 0. The third-order valence-electron chi connectivity index (χ3n) is 3.97. The Bertz CT molecular complexity index is 407. The van der Waals surface area contributed by atoms with Gasteiger partial charge in [0.2, 0.25) is 6.04 Å². The van der Waals surface area contributed by atoms with E-state index in [0.29, 0.717) is 6.42 Å². The summed E-state index contributed by atoms with van der Waals surface area (Å²) >= 11 is 0. The van der Waals surface area contributed by atoms with Gasteiger partial charge in [0.1, 0.15) is 5.75 Å². The van der Waals surface area contributed by atoms with Crippen LogP contribution in [0.15, 0.2) is 30.3 Å². The predicted molar refractivity (Wildman–Crippen MR) is 78.6 cm³/mol. The lowest BCUT2D eigenvalue weighted by molar-refractivity contribution is -0.524. The van der Waals surface area contributed by atoms with Crippen molar-refractivity contribution in [1.29, 1.82) is 0 Å². The van der Waals surface area contributed by atoms with E-state index in [9.17, 15) is 10.1 Å². The average Bonchev–Trinajstić information content (AvgIpc) is 2.46. The largest absolute Gasteiger partial charge is 0.490 e. The van der Waals surface area contributed by atoms with Crippen LogP contribution in [0.5, 0.6) is 5.75 Å². The van der Waals surface area contributed by atoms with Gasteiger partial charge in [-0.25, -0.2) is 0 Å². The van der Waals surface area contributed by atoms with Crippen molar-refractivity contribution in [2.24, 2.45) is 0 Å². The standard InChI is InChI=1S/C16H23NO3/c18-17(19)14-8-3-1-4-12-16(13-7-9-14)20-15-10-5-2-6-11-15/h2,5-6,10-11,14,16H,1,3-4,7-9,12-13H2. The molecule has 1 aromatic carbocycles. The number of para-hydroxylation sites is 1. The second-order valence-electron chi connectivity index (χ2n) is 5.56. The van der Waals surface area contributed by atoms with Crippen molar-refractivity contribution in [3.05, 3.63) is 40.4 Å². The summed E-state index contributed by atoms with van der Waals surface area (Å²) < 4.78 is 6.01. The van der Waals surface area contributed by atoms with Crippen LogP contribution < -0.4 is 4.74 Å². The summed E-state index contributed by atoms with van der Waals surface area (Å²) in [6.07, 6.45) is 7.59. The van der Waals surface area contributed by atoms with Gasteiger partial charge in [0.25, 0.3) is 0 Å². The SMILES string of the molecule is O=[N+]([O-])C1CCCCCC(Oc2ccccc2)CCC1. The summed E-state index contributed by atoms with van der Waals surface area (Å²) in [6.45, 7) is 0. The number of ether oxygens (including phenoxy) is 1. The smallest absolute Gasteiger partial charge is 0.213 e. The van der Waals surface area contributed by atoms with E-state index in [1.165, 1.54) is 0 Å². The van der Waals surface area contributed by atoms with E-state index in [1.807, 2.05) is 30.3 Å². The lowest BCUT2D eigenvalue weighted by Gasteiger charge is -2.21. The molecule has 2 unspecified atom stereocenters. The molecule has 0 saturated heterocycles. The van der Waals surface area contributed by atoms with E-state index in [1.54, 1.807) is 0 Å². The van der Waals surface area contributed by atoms with Crippen LogP contribution >= 0.6 is 0 Å². The van der Waals surface area contributed by atoms with Gasteiger partial charge in [-0.2, -0.15) is 0 Å². The van der Waals surface area contributed by atoms with Gasteiger partial charge in [-0.05, 0) is 44.2 Å². The molecular weight excluding hydrogens is 254 g/mol. The first kappa shape index (κ1) is 14.8. The minimum absolute atomic E-state index is 0.103. The highest BCUT2D eigenvalue weighted by Gasteiger charge is 2.22. The molecule has 0 aromatic heterocycles. The number of hydrogen-bond donors (Lipinski definition) is 0. The highest BCUT2D eigenvalue weighted by Crippen LogP contribution is 2.22. The minimum Gasteiger partial charge on any atom is -0.490 e. The maximum Gasteiger partial charge on any atom is 0.213 e. The van der Waals surface area contributed by atoms with Crippen molar-refractivity contribution in [3.63, 3.8) is 0 Å². The Morgan fingerprint density at radius 1 is 0.950 bits per heavy atom. The van der Waals surface area contributed by atoms with Crippen molar-refractivity contribution in [2.75, 3.05) is 0 Å². The molecule has 2 rings (SSSR count). The fourth-order valence-corrected chi connectivity index (χ4v) is 2.82. The van der Waals surface area contributed by atoms with E-state index in [2.05, 4.69) is 0 Å². The van der Waals surface area contributed by atoms with E-state index in [4.69, 9.17) is 4.74 Å². The first-order valence-corrected chi connectivity index (χ1v) is 7.61. The topological polar surface area (TPSA) is 52.4 Å². The summed E-state index contributed by atoms with van der Waals surface area (Å²) in [5.41, 5.74) is 0. The molecule has 4 heteroatoms. The van der Waals surface area contributed by atoms with Crippen LogP contribution in [0.4, 0.5) is 0 Å². The normalized spacial score (nSPS) is 24.8. The van der Waals surface area contributed by atoms with Gasteiger partial charge >= 0.3 is 0 Å². The van der Waals surface area contributed by atoms with Crippen LogP contribution in [-0.4, -0.2) is 17.1 Å². The van der Waals surface area contributed by atoms with Gasteiger partial charge in [-0.1, -0.05) is 24.6 Å². The third kappa shape index (κ3) is 4.83. The van der Waals surface area contributed by atoms with E-state index >= 15 is 0 Å². The van der Waals surface area contributed by atoms with Crippen LogP contribution in [0.1, 0.15) is 51.4 Å². The first-order valence-electron chi connectivity index (χ1n) is 7.61. The van der Waals surface area contributed by atoms with Crippen LogP contribution in [0.3, 0.4) is 0 Å². The van der Waals surface area contributed by atoms with Gasteiger partial charge in [0.15, 0.2) is 0 Å². The lowest BCUT2D eigenvalue weighted by Crippen LogP contribution is -2.23.